The van der Waals surface area contributed by atoms with Crippen molar-refractivity contribution >= 4 is 41.5 Å². The highest BCUT2D eigenvalue weighted by atomic mass is 127. The number of nitrogens with zero attached hydrogens (tertiary/aromatic N) is 2. The molecule has 1 aromatic heterocycles. The summed E-state index contributed by atoms with van der Waals surface area (Å²) in [6.45, 7) is 8.53. The molecule has 0 atom stereocenters. The van der Waals surface area contributed by atoms with E-state index < -0.39 is 0 Å². The van der Waals surface area contributed by atoms with Crippen LogP contribution in [-0.4, -0.2) is 30.7 Å². The van der Waals surface area contributed by atoms with Crippen molar-refractivity contribution in [2.24, 2.45) is 4.99 Å². The minimum atomic E-state index is 0. The molecule has 0 saturated heterocycles. The molecule has 0 aliphatic carbocycles. The normalized spacial score (nSPS) is 13.1. The molecule has 0 unspecified atom stereocenters. The van der Waals surface area contributed by atoms with Gasteiger partial charge in [-0.15, -0.1) is 24.0 Å². The minimum absolute atomic E-state index is 0. The van der Waals surface area contributed by atoms with Crippen LogP contribution in [0.3, 0.4) is 0 Å². The zero-order valence-corrected chi connectivity index (χ0v) is 18.7. The van der Waals surface area contributed by atoms with E-state index in [-0.39, 0.29) is 24.0 Å². The molecule has 27 heavy (non-hydrogen) atoms. The number of fused-ring (bicyclic) bond motifs is 1. The van der Waals surface area contributed by atoms with Crippen molar-refractivity contribution in [3.05, 3.63) is 40.1 Å². The lowest BCUT2D eigenvalue weighted by Gasteiger charge is -2.20. The molecule has 2 heterocycles. The molecule has 1 aliphatic rings. The zero-order valence-electron chi connectivity index (χ0n) is 15.6. The Labute approximate surface area is 180 Å². The lowest BCUT2D eigenvalue weighted by molar-refractivity contribution is 0.171. The summed E-state index contributed by atoms with van der Waals surface area (Å²) >= 11 is 6.28. The van der Waals surface area contributed by atoms with E-state index in [1.807, 2.05) is 32.9 Å². The van der Waals surface area contributed by atoms with Gasteiger partial charge in [-0.25, -0.2) is 9.98 Å². The second kappa shape index (κ2) is 10.0. The Balaban J connectivity index is 0.00000261. The fraction of sp³-hybridized carbons (Fsp3) is 0.444. The Bertz CT molecular complexity index is 791. The maximum atomic E-state index is 6.28. The summed E-state index contributed by atoms with van der Waals surface area (Å²) in [6, 6.07) is 3.76. The molecule has 7 nitrogen and oxygen atoms in total. The molecule has 0 amide bonds. The third-order valence-electron chi connectivity index (χ3n) is 3.90. The number of aliphatic imine (C=N–C) groups is 1. The van der Waals surface area contributed by atoms with E-state index in [0.29, 0.717) is 54.7 Å². The van der Waals surface area contributed by atoms with Crippen molar-refractivity contribution in [1.29, 1.82) is 0 Å². The zero-order chi connectivity index (χ0) is 18.5. The maximum Gasteiger partial charge on any atom is 0.214 e. The van der Waals surface area contributed by atoms with E-state index in [0.717, 1.165) is 23.6 Å². The largest absolute Gasteiger partial charge is 0.486 e. The fourth-order valence-electron chi connectivity index (χ4n) is 2.54. The molecule has 0 fully saturated rings. The molecule has 148 valence electrons. The number of aryl methyl sites for hydroxylation is 2. The first kappa shape index (κ1) is 21.6. The van der Waals surface area contributed by atoms with E-state index in [2.05, 4.69) is 20.6 Å². The number of rotatable bonds is 5. The lowest BCUT2D eigenvalue weighted by atomic mass is 10.2. The number of oxazole rings is 1. The summed E-state index contributed by atoms with van der Waals surface area (Å²) in [5.41, 5.74) is 1.84. The van der Waals surface area contributed by atoms with E-state index >= 15 is 0 Å². The highest BCUT2D eigenvalue weighted by molar-refractivity contribution is 14.0. The van der Waals surface area contributed by atoms with E-state index in [1.54, 1.807) is 0 Å². The van der Waals surface area contributed by atoms with Gasteiger partial charge >= 0.3 is 0 Å². The highest BCUT2D eigenvalue weighted by Crippen LogP contribution is 2.38. The molecule has 0 saturated carbocycles. The second-order valence-electron chi connectivity index (χ2n) is 5.90. The molecular formula is C18H24ClIN4O3. The van der Waals surface area contributed by atoms with Crippen LogP contribution in [0.5, 0.6) is 11.5 Å². The summed E-state index contributed by atoms with van der Waals surface area (Å²) in [4.78, 5) is 8.95. The second-order valence-corrected chi connectivity index (χ2v) is 6.31. The van der Waals surface area contributed by atoms with Gasteiger partial charge in [0, 0.05) is 6.54 Å². The van der Waals surface area contributed by atoms with E-state index in [9.17, 15) is 0 Å². The van der Waals surface area contributed by atoms with Gasteiger partial charge in [0.1, 0.15) is 19.0 Å². The first-order chi connectivity index (χ1) is 12.6. The number of halogens is 2. The minimum Gasteiger partial charge on any atom is -0.486 e. The number of hydrogen-bond acceptors (Lipinski definition) is 5. The first-order valence-corrected chi connectivity index (χ1v) is 8.97. The van der Waals surface area contributed by atoms with Crippen molar-refractivity contribution in [2.75, 3.05) is 19.8 Å². The number of benzene rings is 1. The first-order valence-electron chi connectivity index (χ1n) is 8.60. The van der Waals surface area contributed by atoms with Gasteiger partial charge in [-0.05, 0) is 38.5 Å². The third kappa shape index (κ3) is 5.65. The summed E-state index contributed by atoms with van der Waals surface area (Å²) in [5, 5.41) is 6.96. The molecule has 2 aromatic rings. The Morgan fingerprint density at radius 3 is 2.70 bits per heavy atom. The van der Waals surface area contributed by atoms with Gasteiger partial charge in [-0.3, -0.25) is 0 Å². The number of nitrogens with one attached hydrogen (secondary N) is 2. The SMILES string of the molecule is CCNC(=NCc1cc(Cl)c2c(c1)OCCO2)NCc1nc(C)c(C)o1.I. The fourth-order valence-corrected chi connectivity index (χ4v) is 2.83. The molecule has 3 rings (SSSR count). The number of hydrogen-bond donors (Lipinski definition) is 2. The van der Waals surface area contributed by atoms with Crippen LogP contribution in [0.2, 0.25) is 5.02 Å². The van der Waals surface area contributed by atoms with Crippen LogP contribution in [0.25, 0.3) is 0 Å². The van der Waals surface area contributed by atoms with E-state index in [4.69, 9.17) is 25.5 Å². The van der Waals surface area contributed by atoms with Gasteiger partial charge in [0.15, 0.2) is 17.5 Å². The topological polar surface area (TPSA) is 80.9 Å². The summed E-state index contributed by atoms with van der Waals surface area (Å²) in [7, 11) is 0. The Morgan fingerprint density at radius 2 is 2.00 bits per heavy atom. The molecule has 0 bridgehead atoms. The van der Waals surface area contributed by atoms with Crippen molar-refractivity contribution in [1.82, 2.24) is 15.6 Å². The molecule has 2 N–H and O–H groups in total. The standard InChI is InChI=1S/C18H23ClN4O3.HI/c1-4-20-18(22-10-16-23-11(2)12(3)26-16)21-9-13-7-14(19)17-15(8-13)24-5-6-25-17;/h7-8H,4-6,9-10H2,1-3H3,(H2,20,21,22);1H. The van der Waals surface area contributed by atoms with Crippen molar-refractivity contribution < 1.29 is 13.9 Å². The summed E-state index contributed by atoms with van der Waals surface area (Å²) < 4.78 is 16.7. The number of ether oxygens (including phenoxy) is 2. The van der Waals surface area contributed by atoms with Crippen LogP contribution in [0.1, 0.15) is 29.8 Å². The third-order valence-corrected chi connectivity index (χ3v) is 4.18. The van der Waals surface area contributed by atoms with Gasteiger partial charge in [-0.1, -0.05) is 11.6 Å². The molecule has 0 spiro atoms. The van der Waals surface area contributed by atoms with Gasteiger partial charge < -0.3 is 24.5 Å². The maximum absolute atomic E-state index is 6.28. The van der Waals surface area contributed by atoms with Crippen molar-refractivity contribution in [3.8, 4) is 11.5 Å². The summed E-state index contributed by atoms with van der Waals surface area (Å²) in [6.07, 6.45) is 0. The van der Waals surface area contributed by atoms with Crippen LogP contribution in [0.15, 0.2) is 21.5 Å². The van der Waals surface area contributed by atoms with Gasteiger partial charge in [0.2, 0.25) is 5.89 Å². The molecule has 9 heteroatoms. The summed E-state index contributed by atoms with van der Waals surface area (Å²) in [5.74, 6) is 3.40. The average molecular weight is 507 g/mol. The molecule has 0 radical (unpaired) electrons. The Kier molecular flexibility index (Phi) is 8.03. The van der Waals surface area contributed by atoms with Crippen LogP contribution in [-0.2, 0) is 13.1 Å². The lowest BCUT2D eigenvalue weighted by Crippen LogP contribution is -2.36. The predicted octanol–water partition coefficient (Wildman–Crippen LogP) is 3.59. The Hall–Kier alpha value is -1.68. The van der Waals surface area contributed by atoms with Crippen LogP contribution in [0, 0.1) is 13.8 Å². The van der Waals surface area contributed by atoms with Crippen LogP contribution in [0.4, 0.5) is 0 Å². The quantitative estimate of drug-likeness (QED) is 0.367. The number of aromatic nitrogens is 1. The average Bonchev–Trinajstić information content (AvgIpc) is 2.95. The van der Waals surface area contributed by atoms with Crippen LogP contribution >= 0.6 is 35.6 Å². The molecule has 1 aliphatic heterocycles. The smallest absolute Gasteiger partial charge is 0.214 e. The van der Waals surface area contributed by atoms with Crippen molar-refractivity contribution in [3.63, 3.8) is 0 Å². The number of guanidine groups is 1. The highest BCUT2D eigenvalue weighted by Gasteiger charge is 2.16. The molecular weight excluding hydrogens is 483 g/mol. The predicted molar refractivity (Wildman–Crippen MR) is 115 cm³/mol. The van der Waals surface area contributed by atoms with Crippen LogP contribution < -0.4 is 20.1 Å². The van der Waals surface area contributed by atoms with Gasteiger partial charge in [-0.2, -0.15) is 0 Å². The van der Waals surface area contributed by atoms with E-state index in [1.165, 1.54) is 0 Å². The molecule has 1 aromatic carbocycles. The Morgan fingerprint density at radius 1 is 1.22 bits per heavy atom. The van der Waals surface area contributed by atoms with Gasteiger partial charge in [0.25, 0.3) is 0 Å². The monoisotopic (exact) mass is 506 g/mol. The van der Waals surface area contributed by atoms with Gasteiger partial charge in [0.05, 0.1) is 23.8 Å². The van der Waals surface area contributed by atoms with Crippen molar-refractivity contribution in [2.45, 2.75) is 33.9 Å².